The number of hydrogen-bond donors (Lipinski definition) is 0. The Hall–Kier alpha value is 0.790. The molecule has 0 heterocycles. The van der Waals surface area contributed by atoms with Crippen LogP contribution in [0, 0.1) is 13.8 Å². The Morgan fingerprint density at radius 1 is 0.889 bits per heavy atom. The number of rotatable bonds is 0. The van der Waals surface area contributed by atoms with Gasteiger partial charge in [-0.1, -0.05) is 13.8 Å². The van der Waals surface area contributed by atoms with E-state index in [9.17, 15) is 0 Å². The molecule has 0 aromatic heterocycles. The molecule has 0 aliphatic carbocycles. The van der Waals surface area contributed by atoms with E-state index in [-0.39, 0.29) is 36.8 Å². The standard InChI is InChI=1S/2C3H7.Hf.2H2O/c2*1-3-2;;;/h2*1,3H2,2H3;;2*1H2/q2*-1;+4;;/p-2. The largest absolute Gasteiger partial charge is 4.00 e. The van der Waals surface area contributed by atoms with E-state index in [1.54, 1.807) is 0 Å². The van der Waals surface area contributed by atoms with Crippen LogP contribution in [-0.4, -0.2) is 11.0 Å². The molecule has 3 heteroatoms. The van der Waals surface area contributed by atoms with E-state index in [4.69, 9.17) is 0 Å². The minimum Gasteiger partial charge on any atom is -0.870 e. The van der Waals surface area contributed by atoms with Crippen molar-refractivity contribution in [1.82, 2.24) is 0 Å². The average Bonchev–Trinajstić information content (AvgIpc) is 1.39. The molecule has 0 aromatic rings. The minimum absolute atomic E-state index is 0. The average molecular weight is 299 g/mol. The smallest absolute Gasteiger partial charge is 0.870 e. The molecule has 0 amide bonds. The molecule has 0 rings (SSSR count). The second kappa shape index (κ2) is 68.5. The molecule has 0 unspecified atom stereocenters. The summed E-state index contributed by atoms with van der Waals surface area (Å²) in [6.07, 6.45) is 2.00. The maximum absolute atomic E-state index is 3.49. The molecule has 2 N–H and O–H groups in total. The Morgan fingerprint density at radius 3 is 0.889 bits per heavy atom. The van der Waals surface area contributed by atoms with Gasteiger partial charge in [-0.2, -0.15) is 12.8 Å². The molecule has 0 saturated heterocycles. The van der Waals surface area contributed by atoms with Crippen molar-refractivity contribution < 1.29 is 36.8 Å². The maximum Gasteiger partial charge on any atom is 4.00 e. The molecule has 0 spiro atoms. The van der Waals surface area contributed by atoms with Crippen LogP contribution in [0.15, 0.2) is 0 Å². The SMILES string of the molecule is [CH2-]CC.[CH2-]CC.[Hf+4].[OH-].[OH-]. The summed E-state index contributed by atoms with van der Waals surface area (Å²) in [4.78, 5) is 0. The quantitative estimate of drug-likeness (QED) is 0.508. The van der Waals surface area contributed by atoms with Gasteiger partial charge in [0.05, 0.1) is 0 Å². The predicted octanol–water partition coefficient (Wildman–Crippen LogP) is 2.10. The number of hydrogen-bond acceptors (Lipinski definition) is 2. The van der Waals surface area contributed by atoms with Gasteiger partial charge < -0.3 is 24.8 Å². The summed E-state index contributed by atoms with van der Waals surface area (Å²) in [5.74, 6) is 0. The van der Waals surface area contributed by atoms with Gasteiger partial charge in [0.2, 0.25) is 0 Å². The zero-order valence-electron chi connectivity index (χ0n) is 6.22. The fourth-order valence-corrected chi connectivity index (χ4v) is 0. The first-order valence-corrected chi connectivity index (χ1v) is 2.41. The second-order valence-electron chi connectivity index (χ2n) is 1.000. The summed E-state index contributed by atoms with van der Waals surface area (Å²) in [6.45, 7) is 11.0. The van der Waals surface area contributed by atoms with Crippen LogP contribution in [0.4, 0.5) is 0 Å². The molecule has 0 aliphatic rings. The second-order valence-corrected chi connectivity index (χ2v) is 1.000. The Morgan fingerprint density at radius 2 is 0.889 bits per heavy atom. The summed E-state index contributed by atoms with van der Waals surface area (Å²) >= 11 is 0. The maximum atomic E-state index is 3.49. The van der Waals surface area contributed by atoms with Crippen molar-refractivity contribution in [2.45, 2.75) is 26.7 Å². The van der Waals surface area contributed by atoms with Crippen molar-refractivity contribution in [2.24, 2.45) is 0 Å². The van der Waals surface area contributed by atoms with Gasteiger partial charge in [0, 0.05) is 0 Å². The van der Waals surface area contributed by atoms with Gasteiger partial charge in [-0.25, -0.2) is 0 Å². The van der Waals surface area contributed by atoms with Gasteiger partial charge in [0.1, 0.15) is 0 Å². The van der Waals surface area contributed by atoms with Crippen molar-refractivity contribution in [1.29, 1.82) is 0 Å². The van der Waals surface area contributed by atoms with Gasteiger partial charge in [-0.05, 0) is 0 Å². The molecular weight excluding hydrogens is 283 g/mol. The molecule has 0 aromatic carbocycles. The summed E-state index contributed by atoms with van der Waals surface area (Å²) < 4.78 is 0. The molecule has 0 saturated carbocycles. The Balaban J connectivity index is -0.00000000889. The van der Waals surface area contributed by atoms with Crippen LogP contribution in [0.5, 0.6) is 0 Å². The van der Waals surface area contributed by atoms with Crippen molar-refractivity contribution in [3.8, 4) is 0 Å². The Kier molecular flexibility index (Phi) is 251. The van der Waals surface area contributed by atoms with Crippen molar-refractivity contribution >= 4 is 0 Å². The third-order valence-corrected chi connectivity index (χ3v) is 0. The van der Waals surface area contributed by atoms with E-state index in [1.807, 2.05) is 13.8 Å². The van der Waals surface area contributed by atoms with E-state index in [0.717, 1.165) is 12.8 Å². The van der Waals surface area contributed by atoms with Gasteiger partial charge in [0.25, 0.3) is 0 Å². The third-order valence-electron chi connectivity index (χ3n) is 0. The topological polar surface area (TPSA) is 60.0 Å². The third kappa shape index (κ3) is 649. The first-order valence-electron chi connectivity index (χ1n) is 2.41. The molecule has 0 radical (unpaired) electrons. The van der Waals surface area contributed by atoms with Gasteiger partial charge in [-0.3, -0.25) is 0 Å². The first-order chi connectivity index (χ1) is 2.83. The summed E-state index contributed by atoms with van der Waals surface area (Å²) in [6, 6.07) is 0. The van der Waals surface area contributed by atoms with E-state index in [0.29, 0.717) is 0 Å². The van der Waals surface area contributed by atoms with Crippen LogP contribution < -0.4 is 0 Å². The summed E-state index contributed by atoms with van der Waals surface area (Å²) in [5.41, 5.74) is 0. The molecule has 0 atom stereocenters. The van der Waals surface area contributed by atoms with E-state index < -0.39 is 0 Å². The van der Waals surface area contributed by atoms with Crippen LogP contribution in [0.1, 0.15) is 26.7 Å². The van der Waals surface area contributed by atoms with Crippen molar-refractivity contribution in [3.05, 3.63) is 13.8 Å². The fraction of sp³-hybridized carbons (Fsp3) is 0.667. The Bertz CT molecular complexity index is 13.0. The molecule has 2 nitrogen and oxygen atoms in total. The van der Waals surface area contributed by atoms with E-state index >= 15 is 0 Å². The molecule has 0 bridgehead atoms. The summed E-state index contributed by atoms with van der Waals surface area (Å²) in [5, 5.41) is 0. The molecule has 0 fully saturated rings. The van der Waals surface area contributed by atoms with Gasteiger partial charge in [0.15, 0.2) is 0 Å². The van der Waals surface area contributed by atoms with Crippen LogP contribution >= 0.6 is 0 Å². The van der Waals surface area contributed by atoms with Crippen LogP contribution in [0.2, 0.25) is 0 Å². The molecular formula is C6H16HfO2. The van der Waals surface area contributed by atoms with Gasteiger partial charge in [-0.15, -0.1) is 0 Å². The van der Waals surface area contributed by atoms with Crippen LogP contribution in [0.25, 0.3) is 0 Å². The van der Waals surface area contributed by atoms with Crippen molar-refractivity contribution in [2.75, 3.05) is 0 Å². The first kappa shape index (κ1) is 33.0. The van der Waals surface area contributed by atoms with E-state index in [1.165, 1.54) is 0 Å². The fourth-order valence-electron chi connectivity index (χ4n) is 0. The van der Waals surface area contributed by atoms with E-state index in [2.05, 4.69) is 13.8 Å². The van der Waals surface area contributed by atoms with Gasteiger partial charge >= 0.3 is 25.8 Å². The summed E-state index contributed by atoms with van der Waals surface area (Å²) in [7, 11) is 0. The molecule has 0 aliphatic heterocycles. The normalized spacial score (nSPS) is 4.00. The van der Waals surface area contributed by atoms with Crippen molar-refractivity contribution in [3.63, 3.8) is 0 Å². The zero-order valence-corrected chi connectivity index (χ0v) is 9.82. The Labute approximate surface area is 77.4 Å². The monoisotopic (exact) mass is 300 g/mol. The van der Waals surface area contributed by atoms with Crippen LogP contribution in [-0.2, 0) is 25.8 Å². The molecule has 56 valence electrons. The minimum atomic E-state index is 0. The molecule has 9 heavy (non-hydrogen) atoms. The van der Waals surface area contributed by atoms with Crippen LogP contribution in [0.3, 0.4) is 0 Å². The predicted molar refractivity (Wildman–Crippen MR) is 35.2 cm³/mol. The zero-order chi connectivity index (χ0) is 5.41.